The van der Waals surface area contributed by atoms with E-state index in [2.05, 4.69) is 0 Å². The summed E-state index contributed by atoms with van der Waals surface area (Å²) >= 11 is 1.67. The van der Waals surface area contributed by atoms with Gasteiger partial charge in [0.2, 0.25) is 0 Å². The van der Waals surface area contributed by atoms with E-state index < -0.39 is 0 Å². The summed E-state index contributed by atoms with van der Waals surface area (Å²) < 4.78 is 13.6. The van der Waals surface area contributed by atoms with Crippen LogP contribution in [0, 0.1) is 5.82 Å². The van der Waals surface area contributed by atoms with Crippen LogP contribution in [0.15, 0.2) is 36.4 Å². The van der Waals surface area contributed by atoms with Gasteiger partial charge < -0.3 is 10.6 Å². The van der Waals surface area contributed by atoms with E-state index in [0.717, 1.165) is 4.88 Å². The molecule has 0 saturated heterocycles. The molecule has 0 fully saturated rings. The molecule has 2 nitrogen and oxygen atoms in total. The van der Waals surface area contributed by atoms with Crippen LogP contribution in [0.4, 0.5) is 10.1 Å². The van der Waals surface area contributed by atoms with Gasteiger partial charge in [-0.2, -0.15) is 0 Å². The standard InChI is InChI=1S/C13H15FN2S/c1-16(13-5-3-2-4-12(13)14)9-11-7-6-10(8-15)17-11/h2-7H,8-9,15H2,1H3. The van der Waals surface area contributed by atoms with Gasteiger partial charge in [-0.25, -0.2) is 4.39 Å². The maximum absolute atomic E-state index is 13.6. The number of nitrogens with zero attached hydrogens (tertiary/aromatic N) is 1. The fraction of sp³-hybridized carbons (Fsp3) is 0.231. The molecule has 0 aliphatic rings. The quantitative estimate of drug-likeness (QED) is 0.904. The lowest BCUT2D eigenvalue weighted by molar-refractivity contribution is 0.622. The number of hydrogen-bond donors (Lipinski definition) is 1. The van der Waals surface area contributed by atoms with Gasteiger partial charge in [0.15, 0.2) is 0 Å². The Balaban J connectivity index is 2.11. The molecule has 2 N–H and O–H groups in total. The van der Waals surface area contributed by atoms with E-state index in [4.69, 9.17) is 5.73 Å². The van der Waals surface area contributed by atoms with E-state index in [-0.39, 0.29) is 5.82 Å². The van der Waals surface area contributed by atoms with Crippen molar-refractivity contribution in [3.8, 4) is 0 Å². The molecule has 0 unspecified atom stereocenters. The molecule has 0 bridgehead atoms. The number of anilines is 1. The number of benzene rings is 1. The zero-order valence-electron chi connectivity index (χ0n) is 9.69. The first-order valence-corrected chi connectivity index (χ1v) is 6.25. The van der Waals surface area contributed by atoms with Crippen molar-refractivity contribution in [3.63, 3.8) is 0 Å². The molecule has 90 valence electrons. The van der Waals surface area contributed by atoms with Crippen LogP contribution in [0.1, 0.15) is 9.75 Å². The minimum Gasteiger partial charge on any atom is -0.367 e. The number of thiophene rings is 1. The van der Waals surface area contributed by atoms with Crippen LogP contribution in [0.5, 0.6) is 0 Å². The summed E-state index contributed by atoms with van der Waals surface area (Å²) in [5, 5.41) is 0. The molecule has 2 rings (SSSR count). The summed E-state index contributed by atoms with van der Waals surface area (Å²) in [4.78, 5) is 4.25. The van der Waals surface area contributed by atoms with Crippen molar-refractivity contribution < 1.29 is 4.39 Å². The topological polar surface area (TPSA) is 29.3 Å². The van der Waals surface area contributed by atoms with Gasteiger partial charge in [0.25, 0.3) is 0 Å². The van der Waals surface area contributed by atoms with Gasteiger partial charge in [0, 0.05) is 23.3 Å². The van der Waals surface area contributed by atoms with Crippen LogP contribution in [-0.2, 0) is 13.1 Å². The maximum Gasteiger partial charge on any atom is 0.146 e. The summed E-state index contributed by atoms with van der Waals surface area (Å²) in [6, 6.07) is 10.9. The van der Waals surface area contributed by atoms with Crippen LogP contribution in [0.25, 0.3) is 0 Å². The molecule has 0 aliphatic heterocycles. The monoisotopic (exact) mass is 250 g/mol. The van der Waals surface area contributed by atoms with Crippen molar-refractivity contribution in [2.24, 2.45) is 5.73 Å². The van der Waals surface area contributed by atoms with Crippen molar-refractivity contribution in [2.45, 2.75) is 13.1 Å². The summed E-state index contributed by atoms with van der Waals surface area (Å²) in [6.45, 7) is 1.26. The number of halogens is 1. The van der Waals surface area contributed by atoms with Crippen molar-refractivity contribution in [1.82, 2.24) is 0 Å². The van der Waals surface area contributed by atoms with Crippen molar-refractivity contribution in [3.05, 3.63) is 52.0 Å². The van der Waals surface area contributed by atoms with E-state index in [0.29, 0.717) is 18.8 Å². The minimum absolute atomic E-state index is 0.189. The maximum atomic E-state index is 13.6. The predicted molar refractivity (Wildman–Crippen MR) is 70.7 cm³/mol. The van der Waals surface area contributed by atoms with E-state index in [9.17, 15) is 4.39 Å². The molecule has 17 heavy (non-hydrogen) atoms. The molecular formula is C13H15FN2S. The van der Waals surface area contributed by atoms with Gasteiger partial charge in [-0.1, -0.05) is 12.1 Å². The fourth-order valence-corrected chi connectivity index (χ4v) is 2.65. The van der Waals surface area contributed by atoms with E-state index in [1.54, 1.807) is 23.5 Å². The molecule has 0 radical (unpaired) electrons. The van der Waals surface area contributed by atoms with Crippen LogP contribution < -0.4 is 10.6 Å². The van der Waals surface area contributed by atoms with Crippen molar-refractivity contribution >= 4 is 17.0 Å². The Morgan fingerprint density at radius 2 is 1.88 bits per heavy atom. The SMILES string of the molecule is CN(Cc1ccc(CN)s1)c1ccccc1F. The first-order valence-electron chi connectivity index (χ1n) is 5.44. The Morgan fingerprint density at radius 1 is 1.18 bits per heavy atom. The molecule has 0 spiro atoms. The third-order valence-electron chi connectivity index (χ3n) is 2.58. The molecule has 0 atom stereocenters. The summed E-state index contributed by atoms with van der Waals surface area (Å²) in [5.74, 6) is -0.189. The largest absolute Gasteiger partial charge is 0.367 e. The first-order chi connectivity index (χ1) is 8.20. The Kier molecular flexibility index (Phi) is 3.76. The van der Waals surface area contributed by atoms with Crippen LogP contribution >= 0.6 is 11.3 Å². The zero-order chi connectivity index (χ0) is 12.3. The van der Waals surface area contributed by atoms with Gasteiger partial charge in [-0.3, -0.25) is 0 Å². The molecule has 1 aromatic heterocycles. The second kappa shape index (κ2) is 5.29. The average Bonchev–Trinajstić information content (AvgIpc) is 2.77. The Labute approximate surface area is 104 Å². The van der Waals surface area contributed by atoms with Crippen molar-refractivity contribution in [1.29, 1.82) is 0 Å². The molecule has 0 amide bonds. The van der Waals surface area contributed by atoms with Gasteiger partial charge in [-0.05, 0) is 24.3 Å². The Morgan fingerprint density at radius 3 is 2.53 bits per heavy atom. The predicted octanol–water partition coefficient (Wildman–Crippen LogP) is 2.98. The highest BCUT2D eigenvalue weighted by Crippen LogP contribution is 2.22. The van der Waals surface area contributed by atoms with E-state index in [1.165, 1.54) is 10.9 Å². The highest BCUT2D eigenvalue weighted by atomic mass is 32.1. The number of nitrogens with two attached hydrogens (primary N) is 1. The fourth-order valence-electron chi connectivity index (χ4n) is 1.70. The highest BCUT2D eigenvalue weighted by molar-refractivity contribution is 7.12. The summed E-state index contributed by atoms with van der Waals surface area (Å²) in [5.41, 5.74) is 6.19. The molecule has 0 aliphatic carbocycles. The van der Waals surface area contributed by atoms with E-state index in [1.807, 2.05) is 30.1 Å². The van der Waals surface area contributed by atoms with Crippen molar-refractivity contribution in [2.75, 3.05) is 11.9 Å². The van der Waals surface area contributed by atoms with Crippen LogP contribution in [0.3, 0.4) is 0 Å². The van der Waals surface area contributed by atoms with E-state index >= 15 is 0 Å². The smallest absolute Gasteiger partial charge is 0.146 e. The molecule has 4 heteroatoms. The normalized spacial score (nSPS) is 10.5. The third-order valence-corrected chi connectivity index (χ3v) is 3.67. The number of para-hydroxylation sites is 1. The minimum atomic E-state index is -0.189. The Hall–Kier alpha value is -1.39. The zero-order valence-corrected chi connectivity index (χ0v) is 10.5. The van der Waals surface area contributed by atoms with Gasteiger partial charge >= 0.3 is 0 Å². The molecule has 1 aromatic carbocycles. The second-order valence-electron chi connectivity index (χ2n) is 3.88. The summed E-state index contributed by atoms with van der Waals surface area (Å²) in [6.07, 6.45) is 0. The number of rotatable bonds is 4. The van der Waals surface area contributed by atoms with Gasteiger partial charge in [-0.15, -0.1) is 11.3 Å². The second-order valence-corrected chi connectivity index (χ2v) is 5.13. The lowest BCUT2D eigenvalue weighted by Gasteiger charge is -2.18. The lowest BCUT2D eigenvalue weighted by atomic mass is 10.3. The average molecular weight is 250 g/mol. The summed E-state index contributed by atoms with van der Waals surface area (Å²) in [7, 11) is 1.89. The molecule has 2 aromatic rings. The molecular weight excluding hydrogens is 235 g/mol. The third kappa shape index (κ3) is 2.84. The van der Waals surface area contributed by atoms with Crippen LogP contribution in [0.2, 0.25) is 0 Å². The molecule has 1 heterocycles. The Bertz CT molecular complexity index is 496. The highest BCUT2D eigenvalue weighted by Gasteiger charge is 2.08. The van der Waals surface area contributed by atoms with Gasteiger partial charge in [0.1, 0.15) is 5.82 Å². The molecule has 0 saturated carbocycles. The van der Waals surface area contributed by atoms with Gasteiger partial charge in [0.05, 0.1) is 12.2 Å². The lowest BCUT2D eigenvalue weighted by Crippen LogP contribution is -2.16. The first kappa shape index (κ1) is 12.1. The van der Waals surface area contributed by atoms with Crippen LogP contribution in [-0.4, -0.2) is 7.05 Å². The number of hydrogen-bond acceptors (Lipinski definition) is 3.